The first kappa shape index (κ1) is 19.7. The fourth-order valence-corrected chi connectivity index (χ4v) is 7.30. The van der Waals surface area contributed by atoms with E-state index in [2.05, 4.69) is 19.9 Å². The van der Waals surface area contributed by atoms with Crippen LogP contribution in [-0.4, -0.2) is 36.9 Å². The summed E-state index contributed by atoms with van der Waals surface area (Å²) in [5.41, 5.74) is 1.73. The van der Waals surface area contributed by atoms with Crippen LogP contribution in [-0.2, 0) is 23.8 Å². The molecule has 3 fully saturated rings. The molecule has 5 aliphatic rings. The lowest BCUT2D eigenvalue weighted by Crippen LogP contribution is -2.64. The lowest BCUT2D eigenvalue weighted by atomic mass is 9.50. The second kappa shape index (κ2) is 6.12. The van der Waals surface area contributed by atoms with Crippen LogP contribution in [0.2, 0.25) is 0 Å². The lowest BCUT2D eigenvalue weighted by molar-refractivity contribution is -0.412. The van der Waals surface area contributed by atoms with Crippen molar-refractivity contribution in [2.75, 3.05) is 13.7 Å². The highest BCUT2D eigenvalue weighted by atomic mass is 16.9. The monoisotopic (exact) mass is 400 g/mol. The minimum absolute atomic E-state index is 0.00942. The third-order valence-electron chi connectivity index (χ3n) is 9.10. The predicted molar refractivity (Wildman–Crippen MR) is 107 cm³/mol. The Morgan fingerprint density at radius 2 is 1.90 bits per heavy atom. The molecule has 4 aliphatic carbocycles. The molecule has 29 heavy (non-hydrogen) atoms. The third kappa shape index (κ3) is 2.44. The second-order valence-corrected chi connectivity index (χ2v) is 10.2. The van der Waals surface area contributed by atoms with E-state index in [-0.39, 0.29) is 29.0 Å². The molecule has 0 N–H and O–H groups in total. The van der Waals surface area contributed by atoms with Gasteiger partial charge < -0.3 is 14.2 Å². The highest BCUT2D eigenvalue weighted by Gasteiger charge is 2.68. The highest BCUT2D eigenvalue weighted by Crippen LogP contribution is 2.67. The molecular formula is C24H32O5. The largest absolute Gasteiger partial charge is 0.331 e. The number of methoxy groups -OCH3 is 1. The number of ketones is 2. The maximum Gasteiger partial charge on any atom is 0.281 e. The van der Waals surface area contributed by atoms with Crippen LogP contribution in [0.1, 0.15) is 65.7 Å². The van der Waals surface area contributed by atoms with E-state index >= 15 is 0 Å². The van der Waals surface area contributed by atoms with E-state index < -0.39 is 11.6 Å². The standard InChI is InChI=1S/C24H32O5/c1-21-10-7-16(25)13-15(21)5-6-17-18(21)8-11-22(2)19(17)9-12-24(22)20(26)14-28-23(3,27-4)29-24/h8,13,17,19H,5-7,9-12,14H2,1-4H3/t17?,19?,21?,22?,23?,24-/m0/s1. The average molecular weight is 401 g/mol. The molecule has 1 aliphatic heterocycles. The Labute approximate surface area is 172 Å². The van der Waals surface area contributed by atoms with Gasteiger partial charge in [-0.15, -0.1) is 0 Å². The van der Waals surface area contributed by atoms with E-state index in [9.17, 15) is 9.59 Å². The van der Waals surface area contributed by atoms with Crippen molar-refractivity contribution >= 4 is 11.6 Å². The summed E-state index contributed by atoms with van der Waals surface area (Å²) in [4.78, 5) is 25.2. The number of Topliss-reactive ketones (excluding diaryl/α,β-unsaturated/α-hetero) is 1. The van der Waals surface area contributed by atoms with Crippen molar-refractivity contribution in [3.63, 3.8) is 0 Å². The molecule has 2 saturated carbocycles. The Balaban J connectivity index is 1.55. The number of ether oxygens (including phenoxy) is 3. The molecule has 5 heteroatoms. The number of fused-ring (bicyclic) bond motifs is 6. The summed E-state index contributed by atoms with van der Waals surface area (Å²) < 4.78 is 17.5. The zero-order valence-corrected chi connectivity index (χ0v) is 18.0. The summed E-state index contributed by atoms with van der Waals surface area (Å²) in [6, 6.07) is 0. The highest BCUT2D eigenvalue weighted by molar-refractivity contribution is 5.92. The minimum Gasteiger partial charge on any atom is -0.331 e. The van der Waals surface area contributed by atoms with Crippen LogP contribution in [0.15, 0.2) is 23.3 Å². The molecule has 0 aromatic heterocycles. The number of hydrogen-bond acceptors (Lipinski definition) is 5. The van der Waals surface area contributed by atoms with E-state index in [0.717, 1.165) is 38.5 Å². The van der Waals surface area contributed by atoms with Gasteiger partial charge in [0.15, 0.2) is 11.6 Å². The molecule has 0 bridgehead atoms. The third-order valence-corrected chi connectivity index (χ3v) is 9.10. The molecule has 1 spiro atoms. The van der Waals surface area contributed by atoms with Gasteiger partial charge in [-0.25, -0.2) is 0 Å². The summed E-state index contributed by atoms with van der Waals surface area (Å²) >= 11 is 0. The normalized spacial score (nSPS) is 49.2. The zero-order chi connectivity index (χ0) is 20.7. The maximum absolute atomic E-state index is 13.2. The molecule has 5 nitrogen and oxygen atoms in total. The molecule has 158 valence electrons. The number of carbonyl (C=O) groups excluding carboxylic acids is 2. The van der Waals surface area contributed by atoms with Gasteiger partial charge in [-0.2, -0.15) is 0 Å². The number of allylic oxidation sites excluding steroid dienone is 4. The van der Waals surface area contributed by atoms with Crippen LogP contribution in [0.3, 0.4) is 0 Å². The van der Waals surface area contributed by atoms with Gasteiger partial charge >= 0.3 is 0 Å². The first-order valence-corrected chi connectivity index (χ1v) is 11.0. The summed E-state index contributed by atoms with van der Waals surface area (Å²) in [6.45, 7) is 6.38. The Morgan fingerprint density at radius 3 is 2.66 bits per heavy atom. The van der Waals surface area contributed by atoms with Crippen LogP contribution < -0.4 is 0 Å². The van der Waals surface area contributed by atoms with E-state index in [4.69, 9.17) is 14.2 Å². The van der Waals surface area contributed by atoms with Gasteiger partial charge in [-0.05, 0) is 56.4 Å². The minimum atomic E-state index is -1.17. The summed E-state index contributed by atoms with van der Waals surface area (Å²) in [6.07, 6.45) is 10.4. The van der Waals surface area contributed by atoms with Gasteiger partial charge in [0.05, 0.1) is 0 Å². The topological polar surface area (TPSA) is 61.8 Å². The van der Waals surface area contributed by atoms with E-state index in [1.54, 1.807) is 14.0 Å². The van der Waals surface area contributed by atoms with Crippen LogP contribution in [0.4, 0.5) is 0 Å². The van der Waals surface area contributed by atoms with Crippen molar-refractivity contribution in [3.8, 4) is 0 Å². The lowest BCUT2D eigenvalue weighted by Gasteiger charge is -2.57. The van der Waals surface area contributed by atoms with Crippen molar-refractivity contribution in [1.29, 1.82) is 0 Å². The van der Waals surface area contributed by atoms with Crippen LogP contribution in [0, 0.1) is 22.7 Å². The number of hydrogen-bond donors (Lipinski definition) is 0. The quantitative estimate of drug-likeness (QED) is 0.620. The first-order chi connectivity index (χ1) is 13.7. The summed E-state index contributed by atoms with van der Waals surface area (Å²) in [7, 11) is 1.57. The Kier molecular flexibility index (Phi) is 4.14. The summed E-state index contributed by atoms with van der Waals surface area (Å²) in [5, 5.41) is 0. The molecule has 6 atom stereocenters. The number of carbonyl (C=O) groups is 2. The number of rotatable bonds is 1. The molecule has 1 saturated heterocycles. The predicted octanol–water partition coefficient (Wildman–Crippen LogP) is 4.11. The second-order valence-electron chi connectivity index (χ2n) is 10.2. The van der Waals surface area contributed by atoms with Crippen LogP contribution in [0.25, 0.3) is 0 Å². The van der Waals surface area contributed by atoms with E-state index in [1.165, 1.54) is 11.1 Å². The van der Waals surface area contributed by atoms with E-state index in [1.807, 2.05) is 6.08 Å². The van der Waals surface area contributed by atoms with Gasteiger partial charge in [0.1, 0.15) is 12.2 Å². The van der Waals surface area contributed by atoms with Crippen molar-refractivity contribution in [1.82, 2.24) is 0 Å². The molecule has 1 heterocycles. The molecular weight excluding hydrogens is 368 g/mol. The molecule has 0 radical (unpaired) electrons. The van der Waals surface area contributed by atoms with Gasteiger partial charge in [0.2, 0.25) is 0 Å². The van der Waals surface area contributed by atoms with Gasteiger partial charge in [0.25, 0.3) is 5.97 Å². The Bertz CT molecular complexity index is 842. The maximum atomic E-state index is 13.2. The van der Waals surface area contributed by atoms with Gasteiger partial charge in [-0.3, -0.25) is 9.59 Å². The van der Waals surface area contributed by atoms with Crippen molar-refractivity contribution in [2.45, 2.75) is 77.3 Å². The molecule has 0 aromatic carbocycles. The molecule has 5 rings (SSSR count). The fraction of sp³-hybridized carbons (Fsp3) is 0.750. The SMILES string of the molecule is COC1(C)OCC(=O)[C@]2(CCC3C4CCC5=CC(=O)CCC5(C)C4=CCC32C)O1. The summed E-state index contributed by atoms with van der Waals surface area (Å²) in [5.74, 6) is 0.0172. The molecule has 0 aromatic rings. The van der Waals surface area contributed by atoms with Crippen molar-refractivity contribution < 1.29 is 23.8 Å². The van der Waals surface area contributed by atoms with Gasteiger partial charge in [0, 0.05) is 31.3 Å². The Morgan fingerprint density at radius 1 is 1.10 bits per heavy atom. The van der Waals surface area contributed by atoms with Crippen molar-refractivity contribution in [2.24, 2.45) is 22.7 Å². The van der Waals surface area contributed by atoms with Crippen LogP contribution in [0.5, 0.6) is 0 Å². The molecule has 0 amide bonds. The van der Waals surface area contributed by atoms with E-state index in [0.29, 0.717) is 18.3 Å². The van der Waals surface area contributed by atoms with Gasteiger partial charge in [-0.1, -0.05) is 31.1 Å². The Hall–Kier alpha value is -1.30. The zero-order valence-electron chi connectivity index (χ0n) is 18.0. The van der Waals surface area contributed by atoms with Crippen molar-refractivity contribution in [3.05, 3.63) is 23.3 Å². The van der Waals surface area contributed by atoms with Crippen LogP contribution >= 0.6 is 0 Å². The average Bonchev–Trinajstić information content (AvgIpc) is 2.99. The fourth-order valence-electron chi connectivity index (χ4n) is 7.30. The smallest absolute Gasteiger partial charge is 0.281 e. The first-order valence-electron chi connectivity index (χ1n) is 11.0. The molecule has 5 unspecified atom stereocenters.